The third kappa shape index (κ3) is 3.93. The van der Waals surface area contributed by atoms with Gasteiger partial charge in [0, 0.05) is 32.3 Å². The summed E-state index contributed by atoms with van der Waals surface area (Å²) in [7, 11) is 1.69. The molecule has 1 saturated carbocycles. The Labute approximate surface area is 116 Å². The van der Waals surface area contributed by atoms with Crippen LogP contribution in [0.25, 0.3) is 0 Å². The van der Waals surface area contributed by atoms with E-state index in [2.05, 4.69) is 17.1 Å². The summed E-state index contributed by atoms with van der Waals surface area (Å²) in [4.78, 5) is 14.4. The largest absolute Gasteiger partial charge is 0.385 e. The molecule has 4 nitrogen and oxygen atoms in total. The van der Waals surface area contributed by atoms with Gasteiger partial charge in [-0.05, 0) is 38.5 Å². The van der Waals surface area contributed by atoms with Gasteiger partial charge >= 0.3 is 0 Å². The molecule has 2 rings (SSSR count). The summed E-state index contributed by atoms with van der Waals surface area (Å²) in [6.45, 7) is 4.29. The van der Waals surface area contributed by atoms with Crippen LogP contribution in [-0.2, 0) is 9.53 Å². The molecule has 0 unspecified atom stereocenters. The lowest BCUT2D eigenvalue weighted by molar-refractivity contribution is -0.123. The second-order valence-corrected chi connectivity index (χ2v) is 6.07. The zero-order valence-electron chi connectivity index (χ0n) is 12.4. The van der Waals surface area contributed by atoms with Gasteiger partial charge < -0.3 is 10.1 Å². The second kappa shape index (κ2) is 7.25. The highest BCUT2D eigenvalue weighted by Crippen LogP contribution is 2.39. The average molecular weight is 268 g/mol. The van der Waals surface area contributed by atoms with Crippen LogP contribution in [0.5, 0.6) is 0 Å². The number of hydrogen-bond acceptors (Lipinski definition) is 3. The molecule has 0 aromatic rings. The first-order valence-corrected chi connectivity index (χ1v) is 7.73. The van der Waals surface area contributed by atoms with Crippen molar-refractivity contribution < 1.29 is 9.53 Å². The summed E-state index contributed by atoms with van der Waals surface area (Å²) in [6.07, 6.45) is 7.53. The van der Waals surface area contributed by atoms with E-state index in [0.29, 0.717) is 25.2 Å². The van der Waals surface area contributed by atoms with Crippen molar-refractivity contribution in [2.24, 2.45) is 5.92 Å². The summed E-state index contributed by atoms with van der Waals surface area (Å²) in [6, 6.07) is 1.23. The number of nitrogens with zero attached hydrogens (tertiary/aromatic N) is 1. The van der Waals surface area contributed by atoms with E-state index >= 15 is 0 Å². The minimum absolute atomic E-state index is 0.175. The quantitative estimate of drug-likeness (QED) is 0.747. The Morgan fingerprint density at radius 3 is 2.95 bits per heavy atom. The lowest BCUT2D eigenvalue weighted by Crippen LogP contribution is -2.44. The molecule has 110 valence electrons. The third-order valence-electron chi connectivity index (χ3n) is 4.68. The van der Waals surface area contributed by atoms with E-state index in [4.69, 9.17) is 4.74 Å². The number of hydrogen-bond donors (Lipinski definition) is 1. The van der Waals surface area contributed by atoms with Crippen molar-refractivity contribution >= 4 is 5.91 Å². The second-order valence-electron chi connectivity index (χ2n) is 6.07. The van der Waals surface area contributed by atoms with Crippen LogP contribution in [0.4, 0.5) is 0 Å². The van der Waals surface area contributed by atoms with Crippen molar-refractivity contribution in [2.75, 3.05) is 26.8 Å². The van der Waals surface area contributed by atoms with Gasteiger partial charge in [-0.25, -0.2) is 0 Å². The fourth-order valence-electron chi connectivity index (χ4n) is 3.74. The summed E-state index contributed by atoms with van der Waals surface area (Å²) in [5.41, 5.74) is 0. The number of likely N-dealkylation sites (tertiary alicyclic amines) is 1. The van der Waals surface area contributed by atoms with Crippen LogP contribution in [0.3, 0.4) is 0 Å². The first kappa shape index (κ1) is 14.8. The predicted molar refractivity (Wildman–Crippen MR) is 76.0 cm³/mol. The van der Waals surface area contributed by atoms with Crippen molar-refractivity contribution in [3.05, 3.63) is 0 Å². The number of fused-ring (bicyclic) bond motifs is 1. The van der Waals surface area contributed by atoms with Crippen molar-refractivity contribution in [3.8, 4) is 0 Å². The van der Waals surface area contributed by atoms with E-state index in [0.717, 1.165) is 18.9 Å². The number of methoxy groups -OCH3 is 1. The van der Waals surface area contributed by atoms with Crippen molar-refractivity contribution in [3.63, 3.8) is 0 Å². The SMILES string of the molecule is COCCCNC(=O)CN1[C@H](C)C[C@H]2CCCC[C@@H]21. The number of carbonyl (C=O) groups excluding carboxylic acids is 1. The van der Waals surface area contributed by atoms with Gasteiger partial charge in [0.15, 0.2) is 0 Å². The molecule has 1 N–H and O–H groups in total. The van der Waals surface area contributed by atoms with Crippen LogP contribution in [0, 0.1) is 5.92 Å². The summed E-state index contributed by atoms with van der Waals surface area (Å²) >= 11 is 0. The minimum atomic E-state index is 0.175. The van der Waals surface area contributed by atoms with Gasteiger partial charge in [-0.3, -0.25) is 9.69 Å². The number of carbonyl (C=O) groups is 1. The topological polar surface area (TPSA) is 41.6 Å². The van der Waals surface area contributed by atoms with Gasteiger partial charge in [0.1, 0.15) is 0 Å². The fourth-order valence-corrected chi connectivity index (χ4v) is 3.74. The number of nitrogens with one attached hydrogen (secondary N) is 1. The highest BCUT2D eigenvalue weighted by atomic mass is 16.5. The van der Waals surface area contributed by atoms with Gasteiger partial charge in [-0.1, -0.05) is 12.8 Å². The molecule has 1 amide bonds. The first-order chi connectivity index (χ1) is 9.22. The molecule has 1 aliphatic heterocycles. The Bertz CT molecular complexity index is 296. The number of ether oxygens (including phenoxy) is 1. The van der Waals surface area contributed by atoms with Crippen LogP contribution >= 0.6 is 0 Å². The molecule has 1 saturated heterocycles. The molecule has 0 aromatic carbocycles. The van der Waals surface area contributed by atoms with Crippen LogP contribution < -0.4 is 5.32 Å². The Morgan fingerprint density at radius 2 is 2.16 bits per heavy atom. The molecule has 19 heavy (non-hydrogen) atoms. The molecule has 3 atom stereocenters. The number of amides is 1. The molecule has 1 heterocycles. The molecule has 0 aromatic heterocycles. The van der Waals surface area contributed by atoms with E-state index in [1.165, 1.54) is 32.1 Å². The van der Waals surface area contributed by atoms with E-state index in [1.54, 1.807) is 7.11 Å². The van der Waals surface area contributed by atoms with Crippen LogP contribution in [-0.4, -0.2) is 49.7 Å². The van der Waals surface area contributed by atoms with Gasteiger partial charge in [-0.2, -0.15) is 0 Å². The first-order valence-electron chi connectivity index (χ1n) is 7.73. The molecule has 2 aliphatic rings. The Hall–Kier alpha value is -0.610. The molecule has 0 spiro atoms. The maximum Gasteiger partial charge on any atom is 0.234 e. The van der Waals surface area contributed by atoms with Crippen molar-refractivity contribution in [1.82, 2.24) is 10.2 Å². The van der Waals surface area contributed by atoms with Crippen LogP contribution in [0.15, 0.2) is 0 Å². The molecular weight excluding hydrogens is 240 g/mol. The van der Waals surface area contributed by atoms with Gasteiger partial charge in [-0.15, -0.1) is 0 Å². The average Bonchev–Trinajstić information content (AvgIpc) is 2.72. The van der Waals surface area contributed by atoms with E-state index in [-0.39, 0.29) is 5.91 Å². The lowest BCUT2D eigenvalue weighted by atomic mass is 9.85. The molecule has 4 heteroatoms. The van der Waals surface area contributed by atoms with Crippen LogP contribution in [0.2, 0.25) is 0 Å². The lowest BCUT2D eigenvalue weighted by Gasteiger charge is -2.32. The zero-order chi connectivity index (χ0) is 13.7. The van der Waals surface area contributed by atoms with Gasteiger partial charge in [0.2, 0.25) is 5.91 Å². The Kier molecular flexibility index (Phi) is 5.64. The third-order valence-corrected chi connectivity index (χ3v) is 4.68. The molecule has 2 fully saturated rings. The van der Waals surface area contributed by atoms with Crippen molar-refractivity contribution in [1.29, 1.82) is 0 Å². The molecular formula is C15H28N2O2. The van der Waals surface area contributed by atoms with Crippen molar-refractivity contribution in [2.45, 2.75) is 57.5 Å². The van der Waals surface area contributed by atoms with E-state index < -0.39 is 0 Å². The summed E-state index contributed by atoms with van der Waals surface area (Å²) < 4.78 is 4.98. The van der Waals surface area contributed by atoms with E-state index in [9.17, 15) is 4.79 Å². The smallest absolute Gasteiger partial charge is 0.234 e. The molecule has 0 bridgehead atoms. The monoisotopic (exact) mass is 268 g/mol. The van der Waals surface area contributed by atoms with Crippen LogP contribution in [0.1, 0.15) is 45.4 Å². The standard InChI is InChI=1S/C15H28N2O2/c1-12-10-13-6-3-4-7-14(13)17(12)11-15(18)16-8-5-9-19-2/h12-14H,3-11H2,1-2H3,(H,16,18)/t12-,13-,14+/m1/s1. The molecule has 1 aliphatic carbocycles. The van der Waals surface area contributed by atoms with Gasteiger partial charge in [0.25, 0.3) is 0 Å². The predicted octanol–water partition coefficient (Wildman–Crippen LogP) is 1.79. The number of rotatable bonds is 6. The summed E-state index contributed by atoms with van der Waals surface area (Å²) in [5, 5.41) is 3.00. The highest BCUT2D eigenvalue weighted by Gasteiger charge is 2.40. The zero-order valence-corrected chi connectivity index (χ0v) is 12.4. The maximum atomic E-state index is 12.0. The molecule has 0 radical (unpaired) electrons. The minimum Gasteiger partial charge on any atom is -0.385 e. The maximum absolute atomic E-state index is 12.0. The Balaban J connectivity index is 1.76. The Morgan fingerprint density at radius 1 is 1.37 bits per heavy atom. The summed E-state index contributed by atoms with van der Waals surface area (Å²) in [5.74, 6) is 1.01. The van der Waals surface area contributed by atoms with Gasteiger partial charge in [0.05, 0.1) is 6.54 Å². The highest BCUT2D eigenvalue weighted by molar-refractivity contribution is 5.78. The van der Waals surface area contributed by atoms with E-state index in [1.807, 2.05) is 0 Å². The normalized spacial score (nSPS) is 31.2. The fraction of sp³-hybridized carbons (Fsp3) is 0.933.